The van der Waals surface area contributed by atoms with E-state index in [0.717, 1.165) is 49.7 Å². The average Bonchev–Trinajstić information content (AvgIpc) is 2.63. The molecule has 0 aliphatic carbocycles. The van der Waals surface area contributed by atoms with E-state index in [4.69, 9.17) is 14.7 Å². The molecule has 0 saturated carbocycles. The first-order valence-corrected chi connectivity index (χ1v) is 8.75. The number of morpholine rings is 1. The standard InChI is InChI=1S/C19H27N3O3/c1-16-4-5-17(2)18(14-16)25-15-19(23)22(7-3-6-20)9-8-21-10-12-24-13-11-21/h4-5,14H,3,7-13,15H2,1-2H3. The van der Waals surface area contributed by atoms with Gasteiger partial charge in [0.25, 0.3) is 5.91 Å². The Bertz CT molecular complexity index is 606. The van der Waals surface area contributed by atoms with Crippen molar-refractivity contribution < 1.29 is 14.3 Å². The van der Waals surface area contributed by atoms with E-state index in [9.17, 15) is 4.79 Å². The first kappa shape index (κ1) is 19.2. The monoisotopic (exact) mass is 345 g/mol. The van der Waals surface area contributed by atoms with E-state index < -0.39 is 0 Å². The largest absolute Gasteiger partial charge is 0.483 e. The minimum atomic E-state index is -0.0792. The third kappa shape index (κ3) is 6.37. The molecule has 1 aliphatic rings. The molecule has 0 aromatic heterocycles. The molecule has 1 aliphatic heterocycles. The molecule has 0 spiro atoms. The maximum atomic E-state index is 12.5. The minimum Gasteiger partial charge on any atom is -0.483 e. The molecule has 2 rings (SSSR count). The zero-order chi connectivity index (χ0) is 18.1. The lowest BCUT2D eigenvalue weighted by molar-refractivity contribution is -0.133. The molecule has 1 aromatic carbocycles. The molecule has 1 fully saturated rings. The van der Waals surface area contributed by atoms with Crippen LogP contribution in [0.2, 0.25) is 0 Å². The number of amides is 1. The van der Waals surface area contributed by atoms with Gasteiger partial charge in [0.1, 0.15) is 5.75 Å². The van der Waals surface area contributed by atoms with Crippen molar-refractivity contribution in [1.82, 2.24) is 9.80 Å². The summed E-state index contributed by atoms with van der Waals surface area (Å²) in [7, 11) is 0. The highest BCUT2D eigenvalue weighted by molar-refractivity contribution is 5.77. The van der Waals surface area contributed by atoms with Crippen LogP contribution in [0.4, 0.5) is 0 Å². The van der Waals surface area contributed by atoms with Crippen LogP contribution in [0.1, 0.15) is 17.5 Å². The normalized spacial score (nSPS) is 14.8. The van der Waals surface area contributed by atoms with Crippen LogP contribution >= 0.6 is 0 Å². The van der Waals surface area contributed by atoms with Crippen molar-refractivity contribution in [2.24, 2.45) is 0 Å². The summed E-state index contributed by atoms with van der Waals surface area (Å²) >= 11 is 0. The lowest BCUT2D eigenvalue weighted by atomic mass is 10.1. The number of nitrogens with zero attached hydrogens (tertiary/aromatic N) is 3. The third-order valence-electron chi connectivity index (χ3n) is 4.33. The highest BCUT2D eigenvalue weighted by Crippen LogP contribution is 2.19. The molecule has 0 atom stereocenters. The topological polar surface area (TPSA) is 65.8 Å². The first-order chi connectivity index (χ1) is 12.1. The summed E-state index contributed by atoms with van der Waals surface area (Å²) in [6, 6.07) is 8.06. The Morgan fingerprint density at radius 1 is 1.32 bits per heavy atom. The van der Waals surface area contributed by atoms with E-state index >= 15 is 0 Å². The third-order valence-corrected chi connectivity index (χ3v) is 4.33. The Kier molecular flexibility index (Phi) is 7.71. The maximum absolute atomic E-state index is 12.5. The van der Waals surface area contributed by atoms with Crippen molar-refractivity contribution in [2.75, 3.05) is 52.5 Å². The van der Waals surface area contributed by atoms with E-state index in [1.165, 1.54) is 0 Å². The summed E-state index contributed by atoms with van der Waals surface area (Å²) in [6.07, 6.45) is 0.332. The summed E-state index contributed by atoms with van der Waals surface area (Å²) in [6.45, 7) is 9.05. The predicted octanol–water partition coefficient (Wildman–Crippen LogP) is 1.76. The highest BCUT2D eigenvalue weighted by atomic mass is 16.5. The van der Waals surface area contributed by atoms with Crippen molar-refractivity contribution in [2.45, 2.75) is 20.3 Å². The van der Waals surface area contributed by atoms with Crippen LogP contribution in [0.3, 0.4) is 0 Å². The number of hydrogen-bond acceptors (Lipinski definition) is 5. The van der Waals surface area contributed by atoms with Crippen molar-refractivity contribution >= 4 is 5.91 Å². The number of aryl methyl sites for hydroxylation is 2. The van der Waals surface area contributed by atoms with Crippen LogP contribution in [0, 0.1) is 25.2 Å². The quantitative estimate of drug-likeness (QED) is 0.718. The van der Waals surface area contributed by atoms with Crippen molar-refractivity contribution in [3.05, 3.63) is 29.3 Å². The van der Waals surface area contributed by atoms with Crippen LogP contribution < -0.4 is 4.74 Å². The molecule has 1 saturated heterocycles. The zero-order valence-electron chi connectivity index (χ0n) is 15.2. The highest BCUT2D eigenvalue weighted by Gasteiger charge is 2.17. The number of benzene rings is 1. The molecule has 6 heteroatoms. The van der Waals surface area contributed by atoms with Gasteiger partial charge in [0.15, 0.2) is 6.61 Å². The molecule has 1 amide bonds. The Labute approximate surface area is 149 Å². The lowest BCUT2D eigenvalue weighted by Gasteiger charge is -2.29. The number of rotatable bonds is 8. The zero-order valence-corrected chi connectivity index (χ0v) is 15.2. The van der Waals surface area contributed by atoms with Gasteiger partial charge in [-0.2, -0.15) is 5.26 Å². The molecule has 136 valence electrons. The van der Waals surface area contributed by atoms with Gasteiger partial charge in [-0.1, -0.05) is 12.1 Å². The Morgan fingerprint density at radius 2 is 2.08 bits per heavy atom. The molecule has 1 aromatic rings. The van der Waals surface area contributed by atoms with Gasteiger partial charge in [0.05, 0.1) is 25.7 Å². The second-order valence-electron chi connectivity index (χ2n) is 6.30. The Balaban J connectivity index is 1.88. The van der Waals surface area contributed by atoms with Crippen molar-refractivity contribution in [1.29, 1.82) is 5.26 Å². The maximum Gasteiger partial charge on any atom is 0.260 e. The van der Waals surface area contributed by atoms with Gasteiger partial charge in [-0.25, -0.2) is 0 Å². The molecule has 25 heavy (non-hydrogen) atoms. The molecular weight excluding hydrogens is 318 g/mol. The predicted molar refractivity (Wildman–Crippen MR) is 95.5 cm³/mol. The fraction of sp³-hybridized carbons (Fsp3) is 0.579. The molecule has 6 nitrogen and oxygen atoms in total. The first-order valence-electron chi connectivity index (χ1n) is 8.75. The van der Waals surface area contributed by atoms with E-state index in [1.54, 1.807) is 4.90 Å². The Hall–Kier alpha value is -2.10. The minimum absolute atomic E-state index is 0.00116. The SMILES string of the molecule is Cc1ccc(C)c(OCC(=O)N(CCC#N)CCN2CCOCC2)c1. The van der Waals surface area contributed by atoms with Gasteiger partial charge in [0.2, 0.25) is 0 Å². The number of nitriles is 1. The van der Waals surface area contributed by atoms with Crippen molar-refractivity contribution in [3.63, 3.8) is 0 Å². The molecular formula is C19H27N3O3. The molecule has 1 heterocycles. The van der Waals surface area contributed by atoms with Gasteiger partial charge >= 0.3 is 0 Å². The summed E-state index contributed by atoms with van der Waals surface area (Å²) in [4.78, 5) is 16.5. The van der Waals surface area contributed by atoms with Gasteiger partial charge in [0, 0.05) is 32.7 Å². The van der Waals surface area contributed by atoms with Gasteiger partial charge in [-0.3, -0.25) is 9.69 Å². The van der Waals surface area contributed by atoms with Gasteiger partial charge < -0.3 is 14.4 Å². The second kappa shape index (κ2) is 10.0. The molecule has 0 unspecified atom stereocenters. The van der Waals surface area contributed by atoms with E-state index in [1.807, 2.05) is 32.0 Å². The van der Waals surface area contributed by atoms with Crippen LogP contribution in [0.5, 0.6) is 5.75 Å². The van der Waals surface area contributed by atoms with Crippen molar-refractivity contribution in [3.8, 4) is 11.8 Å². The fourth-order valence-electron chi connectivity index (χ4n) is 2.73. The van der Waals surface area contributed by atoms with Crippen LogP contribution in [-0.4, -0.2) is 68.3 Å². The smallest absolute Gasteiger partial charge is 0.260 e. The average molecular weight is 345 g/mol. The van der Waals surface area contributed by atoms with E-state index in [2.05, 4.69) is 11.0 Å². The summed E-state index contributed by atoms with van der Waals surface area (Å²) in [5.74, 6) is 0.658. The lowest BCUT2D eigenvalue weighted by Crippen LogP contribution is -2.44. The Morgan fingerprint density at radius 3 is 2.80 bits per heavy atom. The van der Waals surface area contributed by atoms with Gasteiger partial charge in [-0.05, 0) is 31.0 Å². The van der Waals surface area contributed by atoms with Gasteiger partial charge in [-0.15, -0.1) is 0 Å². The number of ether oxygens (including phenoxy) is 2. The second-order valence-corrected chi connectivity index (χ2v) is 6.30. The summed E-state index contributed by atoms with van der Waals surface area (Å²) < 4.78 is 11.1. The van der Waals surface area contributed by atoms with E-state index in [-0.39, 0.29) is 12.5 Å². The molecule has 0 bridgehead atoms. The van der Waals surface area contributed by atoms with Crippen LogP contribution in [-0.2, 0) is 9.53 Å². The summed E-state index contributed by atoms with van der Waals surface area (Å²) in [5, 5.41) is 8.84. The number of carbonyl (C=O) groups excluding carboxylic acids is 1. The number of hydrogen-bond donors (Lipinski definition) is 0. The van der Waals surface area contributed by atoms with Crippen LogP contribution in [0.25, 0.3) is 0 Å². The molecule has 0 N–H and O–H groups in total. The fourth-order valence-corrected chi connectivity index (χ4v) is 2.73. The summed E-state index contributed by atoms with van der Waals surface area (Å²) in [5.41, 5.74) is 2.11. The van der Waals surface area contributed by atoms with Crippen LogP contribution in [0.15, 0.2) is 18.2 Å². The molecule has 0 radical (unpaired) electrons. The number of carbonyl (C=O) groups is 1. The van der Waals surface area contributed by atoms with E-state index in [0.29, 0.717) is 19.5 Å².